The average molecular weight is 340 g/mol. The van der Waals surface area contributed by atoms with Gasteiger partial charge in [0.1, 0.15) is 5.75 Å². The van der Waals surface area contributed by atoms with Crippen molar-refractivity contribution in [3.8, 4) is 5.75 Å². The van der Waals surface area contributed by atoms with Gasteiger partial charge in [0.15, 0.2) is 5.96 Å². The Labute approximate surface area is 150 Å². The molecule has 1 saturated heterocycles. The fraction of sp³-hybridized carbons (Fsp3) is 0.550. The van der Waals surface area contributed by atoms with E-state index in [4.69, 9.17) is 4.74 Å². The van der Waals surface area contributed by atoms with Crippen LogP contribution in [-0.4, -0.2) is 68.2 Å². The number of benzene rings is 1. The van der Waals surface area contributed by atoms with Crippen molar-refractivity contribution in [3.63, 3.8) is 0 Å². The molecule has 0 aliphatic carbocycles. The molecule has 3 heterocycles. The van der Waals surface area contributed by atoms with Crippen LogP contribution in [0.15, 0.2) is 41.4 Å². The van der Waals surface area contributed by atoms with E-state index < -0.39 is 0 Å². The molecule has 5 heteroatoms. The van der Waals surface area contributed by atoms with Gasteiger partial charge in [-0.1, -0.05) is 30.4 Å². The Balaban J connectivity index is 1.34. The van der Waals surface area contributed by atoms with E-state index in [2.05, 4.69) is 50.5 Å². The minimum absolute atomic E-state index is 0.489. The number of rotatable bonds is 3. The number of hydrogen-bond donors (Lipinski definition) is 1. The number of ether oxygens (including phenoxy) is 1. The van der Waals surface area contributed by atoms with Crippen molar-refractivity contribution >= 4 is 5.96 Å². The van der Waals surface area contributed by atoms with Crippen molar-refractivity contribution in [2.24, 2.45) is 4.99 Å². The van der Waals surface area contributed by atoms with Crippen LogP contribution in [-0.2, 0) is 0 Å². The standard InChI is InChI=1S/C20H28N4O/c1-21-20(24-12-8-17(15-24)23-10-4-5-11-23)22-14-16-9-13-25-19-7-3-2-6-18(16)19/h2-7,16-17H,8-15H2,1H3,(H,21,22). The Kier molecular flexibility index (Phi) is 4.92. The van der Waals surface area contributed by atoms with Crippen molar-refractivity contribution in [3.05, 3.63) is 42.0 Å². The molecule has 4 rings (SSSR count). The topological polar surface area (TPSA) is 40.1 Å². The maximum Gasteiger partial charge on any atom is 0.193 e. The highest BCUT2D eigenvalue weighted by Gasteiger charge is 2.30. The summed E-state index contributed by atoms with van der Waals surface area (Å²) in [5, 5.41) is 3.62. The van der Waals surface area contributed by atoms with Gasteiger partial charge in [-0.05, 0) is 24.5 Å². The van der Waals surface area contributed by atoms with Crippen LogP contribution in [0.2, 0.25) is 0 Å². The normalized spacial score (nSPS) is 26.6. The molecule has 1 fully saturated rings. The van der Waals surface area contributed by atoms with Gasteiger partial charge >= 0.3 is 0 Å². The molecule has 1 aromatic carbocycles. The van der Waals surface area contributed by atoms with Crippen LogP contribution in [0.3, 0.4) is 0 Å². The number of aliphatic imine (C=N–C) groups is 1. The summed E-state index contributed by atoms with van der Waals surface area (Å²) < 4.78 is 5.78. The monoisotopic (exact) mass is 340 g/mol. The Morgan fingerprint density at radius 3 is 2.92 bits per heavy atom. The number of nitrogens with one attached hydrogen (secondary N) is 1. The molecule has 0 spiro atoms. The van der Waals surface area contributed by atoms with Crippen LogP contribution in [0.25, 0.3) is 0 Å². The van der Waals surface area contributed by atoms with Gasteiger partial charge in [0, 0.05) is 51.7 Å². The third-order valence-corrected chi connectivity index (χ3v) is 5.63. The van der Waals surface area contributed by atoms with E-state index in [0.29, 0.717) is 12.0 Å². The van der Waals surface area contributed by atoms with Crippen molar-refractivity contribution in [1.82, 2.24) is 15.1 Å². The Bertz CT molecular complexity index is 649. The van der Waals surface area contributed by atoms with Crippen LogP contribution < -0.4 is 10.1 Å². The highest BCUT2D eigenvalue weighted by molar-refractivity contribution is 5.80. The van der Waals surface area contributed by atoms with Gasteiger partial charge < -0.3 is 15.0 Å². The number of para-hydroxylation sites is 1. The highest BCUT2D eigenvalue weighted by atomic mass is 16.5. The van der Waals surface area contributed by atoms with E-state index in [1.807, 2.05) is 13.1 Å². The molecular formula is C20H28N4O. The largest absolute Gasteiger partial charge is 0.493 e. The molecule has 1 N–H and O–H groups in total. The predicted molar refractivity (Wildman–Crippen MR) is 101 cm³/mol. The number of fused-ring (bicyclic) bond motifs is 1. The van der Waals surface area contributed by atoms with E-state index in [-0.39, 0.29) is 0 Å². The average Bonchev–Trinajstić information content (AvgIpc) is 3.34. The van der Waals surface area contributed by atoms with Gasteiger partial charge in [-0.25, -0.2) is 0 Å². The molecule has 0 saturated carbocycles. The third-order valence-electron chi connectivity index (χ3n) is 5.63. The van der Waals surface area contributed by atoms with Gasteiger partial charge in [-0.3, -0.25) is 9.89 Å². The molecule has 3 aliphatic rings. The fourth-order valence-electron chi connectivity index (χ4n) is 4.20. The Morgan fingerprint density at radius 1 is 1.24 bits per heavy atom. The lowest BCUT2D eigenvalue weighted by molar-refractivity contribution is 0.258. The van der Waals surface area contributed by atoms with Gasteiger partial charge in [0.2, 0.25) is 0 Å². The smallest absolute Gasteiger partial charge is 0.193 e. The van der Waals surface area contributed by atoms with Crippen LogP contribution in [0.4, 0.5) is 0 Å². The summed E-state index contributed by atoms with van der Waals surface area (Å²) in [6, 6.07) is 9.06. The Hall–Kier alpha value is -2.01. The first-order valence-electron chi connectivity index (χ1n) is 9.41. The molecule has 2 atom stereocenters. The number of hydrogen-bond acceptors (Lipinski definition) is 3. The molecule has 2 unspecified atom stereocenters. The molecule has 0 aromatic heterocycles. The highest BCUT2D eigenvalue weighted by Crippen LogP contribution is 2.32. The van der Waals surface area contributed by atoms with Crippen molar-refractivity contribution in [2.45, 2.75) is 24.8 Å². The third kappa shape index (κ3) is 3.52. The maximum absolute atomic E-state index is 5.78. The molecule has 0 radical (unpaired) electrons. The number of guanidine groups is 1. The predicted octanol–water partition coefficient (Wildman–Crippen LogP) is 2.07. The lowest BCUT2D eigenvalue weighted by Gasteiger charge is -2.29. The molecule has 25 heavy (non-hydrogen) atoms. The van der Waals surface area contributed by atoms with Crippen molar-refractivity contribution in [1.29, 1.82) is 0 Å². The molecular weight excluding hydrogens is 312 g/mol. The summed E-state index contributed by atoms with van der Waals surface area (Å²) in [4.78, 5) is 9.51. The molecule has 3 aliphatic heterocycles. The second-order valence-electron chi connectivity index (χ2n) is 7.11. The minimum Gasteiger partial charge on any atom is -0.493 e. The molecule has 5 nitrogen and oxygen atoms in total. The summed E-state index contributed by atoms with van der Waals surface area (Å²) in [6.07, 6.45) is 6.84. The minimum atomic E-state index is 0.489. The van der Waals surface area contributed by atoms with Gasteiger partial charge in [-0.15, -0.1) is 0 Å². The number of likely N-dealkylation sites (tertiary alicyclic amines) is 1. The van der Waals surface area contributed by atoms with Gasteiger partial charge in [0.05, 0.1) is 6.61 Å². The summed E-state index contributed by atoms with van der Waals surface area (Å²) in [7, 11) is 1.89. The summed E-state index contributed by atoms with van der Waals surface area (Å²) >= 11 is 0. The quantitative estimate of drug-likeness (QED) is 0.520. The zero-order valence-corrected chi connectivity index (χ0v) is 15.0. The SMILES string of the molecule is CN=C(NCC1CCOc2ccccc21)N1CCC(N2CC=CC2)C1. The van der Waals surface area contributed by atoms with E-state index in [1.165, 1.54) is 12.0 Å². The van der Waals surface area contributed by atoms with E-state index in [1.54, 1.807) is 0 Å². The van der Waals surface area contributed by atoms with Crippen LogP contribution in [0.5, 0.6) is 5.75 Å². The zero-order valence-electron chi connectivity index (χ0n) is 15.0. The van der Waals surface area contributed by atoms with E-state index in [9.17, 15) is 0 Å². The fourth-order valence-corrected chi connectivity index (χ4v) is 4.20. The lowest BCUT2D eigenvalue weighted by atomic mass is 9.93. The van der Waals surface area contributed by atoms with Crippen LogP contribution >= 0.6 is 0 Å². The number of nitrogens with zero attached hydrogens (tertiary/aromatic N) is 3. The van der Waals surface area contributed by atoms with E-state index in [0.717, 1.165) is 57.5 Å². The summed E-state index contributed by atoms with van der Waals surface area (Å²) in [5.41, 5.74) is 1.32. The van der Waals surface area contributed by atoms with Gasteiger partial charge in [-0.2, -0.15) is 0 Å². The molecule has 134 valence electrons. The molecule has 0 bridgehead atoms. The van der Waals surface area contributed by atoms with Crippen molar-refractivity contribution in [2.75, 3.05) is 46.4 Å². The van der Waals surface area contributed by atoms with Gasteiger partial charge in [0.25, 0.3) is 0 Å². The van der Waals surface area contributed by atoms with E-state index >= 15 is 0 Å². The first-order chi connectivity index (χ1) is 12.3. The molecule has 0 amide bonds. The molecule has 1 aromatic rings. The second-order valence-corrected chi connectivity index (χ2v) is 7.11. The first kappa shape index (κ1) is 16.5. The zero-order chi connectivity index (χ0) is 17.1. The Morgan fingerprint density at radius 2 is 2.08 bits per heavy atom. The van der Waals surface area contributed by atoms with Crippen LogP contribution in [0, 0.1) is 0 Å². The first-order valence-corrected chi connectivity index (χ1v) is 9.41. The lowest BCUT2D eigenvalue weighted by Crippen LogP contribution is -2.44. The summed E-state index contributed by atoms with van der Waals surface area (Å²) in [5.74, 6) is 2.57. The second kappa shape index (κ2) is 7.48. The maximum atomic E-state index is 5.78. The van der Waals surface area contributed by atoms with Crippen LogP contribution in [0.1, 0.15) is 24.3 Å². The van der Waals surface area contributed by atoms with Crippen molar-refractivity contribution < 1.29 is 4.74 Å². The summed E-state index contributed by atoms with van der Waals surface area (Å²) in [6.45, 7) is 6.08.